The number of aromatic nitrogens is 3. The van der Waals surface area contributed by atoms with Gasteiger partial charge in [-0.05, 0) is 31.5 Å². The zero-order valence-electron chi connectivity index (χ0n) is 14.0. The van der Waals surface area contributed by atoms with Gasteiger partial charge in [0.2, 0.25) is 0 Å². The van der Waals surface area contributed by atoms with Crippen LogP contribution in [0.15, 0.2) is 42.9 Å². The lowest BCUT2D eigenvalue weighted by Crippen LogP contribution is -2.36. The summed E-state index contributed by atoms with van der Waals surface area (Å²) < 4.78 is 7.58. The molecule has 0 aliphatic heterocycles. The molecule has 0 bridgehead atoms. The summed E-state index contributed by atoms with van der Waals surface area (Å²) >= 11 is 0. The van der Waals surface area contributed by atoms with E-state index in [0.29, 0.717) is 17.7 Å². The highest BCUT2D eigenvalue weighted by molar-refractivity contribution is 5.96. The quantitative estimate of drug-likeness (QED) is 0.783. The van der Waals surface area contributed by atoms with E-state index in [1.54, 1.807) is 18.6 Å². The third-order valence-electron chi connectivity index (χ3n) is 3.77. The molecule has 2 aromatic heterocycles. The summed E-state index contributed by atoms with van der Waals surface area (Å²) in [6, 6.07) is 9.42. The van der Waals surface area contributed by atoms with Gasteiger partial charge in [-0.25, -0.2) is 9.97 Å². The van der Waals surface area contributed by atoms with Gasteiger partial charge in [-0.3, -0.25) is 4.79 Å². The molecule has 1 unspecified atom stereocenters. The number of aryl methyl sites for hydroxylation is 2. The fraction of sp³-hybridized carbons (Fsp3) is 0.278. The van der Waals surface area contributed by atoms with Gasteiger partial charge in [-0.1, -0.05) is 18.2 Å². The van der Waals surface area contributed by atoms with E-state index in [9.17, 15) is 4.79 Å². The van der Waals surface area contributed by atoms with Crippen LogP contribution in [0.1, 0.15) is 22.8 Å². The number of pyridine rings is 1. The van der Waals surface area contributed by atoms with E-state index < -0.39 is 0 Å². The van der Waals surface area contributed by atoms with Crippen LogP contribution in [-0.2, 0) is 7.05 Å². The molecule has 1 atom stereocenters. The first-order valence-electron chi connectivity index (χ1n) is 7.81. The molecule has 0 radical (unpaired) electrons. The van der Waals surface area contributed by atoms with Crippen LogP contribution in [0.5, 0.6) is 5.75 Å². The molecule has 1 amide bonds. The Labute approximate surface area is 140 Å². The van der Waals surface area contributed by atoms with Gasteiger partial charge in [0.05, 0.1) is 17.9 Å². The molecular weight excluding hydrogens is 304 g/mol. The van der Waals surface area contributed by atoms with Gasteiger partial charge in [-0.2, -0.15) is 0 Å². The number of carbonyl (C=O) groups excluding carboxylic acids is 1. The van der Waals surface area contributed by atoms with Crippen molar-refractivity contribution in [2.24, 2.45) is 7.05 Å². The van der Waals surface area contributed by atoms with Crippen LogP contribution in [0.2, 0.25) is 0 Å². The van der Waals surface area contributed by atoms with Crippen molar-refractivity contribution in [3.05, 3.63) is 54.0 Å². The van der Waals surface area contributed by atoms with Gasteiger partial charge < -0.3 is 14.6 Å². The summed E-state index contributed by atoms with van der Waals surface area (Å²) in [6.07, 6.45) is 3.24. The number of ether oxygens (including phenoxy) is 1. The standard InChI is InChI=1S/C18H20N4O2/c1-12-6-4-5-7-16(12)24-10-13(2)21-18(23)14-8-15-17(19-9-14)22(3)11-20-15/h4-9,11,13H,10H2,1-3H3,(H,21,23). The number of hydrogen-bond donors (Lipinski definition) is 1. The molecule has 1 N–H and O–H groups in total. The molecule has 0 fully saturated rings. The van der Waals surface area contributed by atoms with Crippen LogP contribution in [0.4, 0.5) is 0 Å². The van der Waals surface area contributed by atoms with Crippen molar-refractivity contribution in [1.29, 1.82) is 0 Å². The van der Waals surface area contributed by atoms with E-state index in [1.807, 2.05) is 49.7 Å². The Balaban J connectivity index is 1.61. The number of hydrogen-bond acceptors (Lipinski definition) is 4. The van der Waals surface area contributed by atoms with E-state index >= 15 is 0 Å². The maximum atomic E-state index is 12.3. The van der Waals surface area contributed by atoms with Gasteiger partial charge in [0.15, 0.2) is 5.65 Å². The second kappa shape index (κ2) is 6.70. The third kappa shape index (κ3) is 3.37. The molecule has 6 heteroatoms. The SMILES string of the molecule is Cc1ccccc1OCC(C)NC(=O)c1cnc2c(c1)ncn2C. The van der Waals surface area contributed by atoms with Crippen molar-refractivity contribution < 1.29 is 9.53 Å². The number of para-hydroxylation sites is 1. The van der Waals surface area contributed by atoms with Crippen molar-refractivity contribution in [3.63, 3.8) is 0 Å². The van der Waals surface area contributed by atoms with E-state index in [2.05, 4.69) is 15.3 Å². The lowest BCUT2D eigenvalue weighted by atomic mass is 10.2. The Morgan fingerprint density at radius 3 is 2.92 bits per heavy atom. The number of nitrogens with zero attached hydrogens (tertiary/aromatic N) is 3. The molecule has 3 aromatic rings. The number of imidazole rings is 1. The van der Waals surface area contributed by atoms with Crippen LogP contribution < -0.4 is 10.1 Å². The summed E-state index contributed by atoms with van der Waals surface area (Å²) in [5, 5.41) is 2.92. The van der Waals surface area contributed by atoms with E-state index in [1.165, 1.54) is 0 Å². The first kappa shape index (κ1) is 16.0. The minimum Gasteiger partial charge on any atom is -0.491 e. The molecule has 0 aliphatic rings. The largest absolute Gasteiger partial charge is 0.491 e. The molecule has 0 saturated heterocycles. The highest BCUT2D eigenvalue weighted by atomic mass is 16.5. The lowest BCUT2D eigenvalue weighted by molar-refractivity contribution is 0.0926. The van der Waals surface area contributed by atoms with Crippen LogP contribution in [0, 0.1) is 6.92 Å². The Morgan fingerprint density at radius 1 is 1.33 bits per heavy atom. The molecule has 2 heterocycles. The summed E-state index contributed by atoms with van der Waals surface area (Å²) in [7, 11) is 1.87. The second-order valence-corrected chi connectivity index (χ2v) is 5.87. The molecular formula is C18H20N4O2. The monoisotopic (exact) mass is 324 g/mol. The van der Waals surface area contributed by atoms with Crippen molar-refractivity contribution in [1.82, 2.24) is 19.9 Å². The minimum atomic E-state index is -0.184. The predicted molar refractivity (Wildman–Crippen MR) is 92.1 cm³/mol. The number of amides is 1. The van der Waals surface area contributed by atoms with Gasteiger partial charge in [0, 0.05) is 13.2 Å². The second-order valence-electron chi connectivity index (χ2n) is 5.87. The van der Waals surface area contributed by atoms with Crippen molar-refractivity contribution >= 4 is 17.1 Å². The predicted octanol–water partition coefficient (Wildman–Crippen LogP) is 2.47. The molecule has 1 aromatic carbocycles. The maximum Gasteiger partial charge on any atom is 0.253 e. The summed E-state index contributed by atoms with van der Waals surface area (Å²) in [6.45, 7) is 4.30. The number of benzene rings is 1. The Morgan fingerprint density at radius 2 is 2.12 bits per heavy atom. The smallest absolute Gasteiger partial charge is 0.253 e. The van der Waals surface area contributed by atoms with E-state index in [-0.39, 0.29) is 11.9 Å². The van der Waals surface area contributed by atoms with Crippen LogP contribution in [-0.4, -0.2) is 33.1 Å². The van der Waals surface area contributed by atoms with E-state index in [4.69, 9.17) is 4.74 Å². The van der Waals surface area contributed by atoms with Crippen LogP contribution in [0.25, 0.3) is 11.2 Å². The number of rotatable bonds is 5. The van der Waals surface area contributed by atoms with Crippen molar-refractivity contribution in [3.8, 4) is 5.75 Å². The minimum absolute atomic E-state index is 0.128. The molecule has 124 valence electrons. The lowest BCUT2D eigenvalue weighted by Gasteiger charge is -2.16. The number of nitrogens with one attached hydrogen (secondary N) is 1. The Hall–Kier alpha value is -2.89. The topological polar surface area (TPSA) is 69.0 Å². The highest BCUT2D eigenvalue weighted by Crippen LogP contribution is 2.16. The number of carbonyl (C=O) groups is 1. The van der Waals surface area contributed by atoms with Crippen molar-refractivity contribution in [2.45, 2.75) is 19.9 Å². The zero-order chi connectivity index (χ0) is 17.1. The van der Waals surface area contributed by atoms with Gasteiger partial charge >= 0.3 is 0 Å². The van der Waals surface area contributed by atoms with Gasteiger partial charge in [0.1, 0.15) is 17.9 Å². The fourth-order valence-corrected chi connectivity index (χ4v) is 2.42. The van der Waals surface area contributed by atoms with Gasteiger partial charge in [0.25, 0.3) is 5.91 Å². The average molecular weight is 324 g/mol. The van der Waals surface area contributed by atoms with Crippen molar-refractivity contribution in [2.75, 3.05) is 6.61 Å². The molecule has 24 heavy (non-hydrogen) atoms. The molecule has 3 rings (SSSR count). The van der Waals surface area contributed by atoms with Crippen LogP contribution >= 0.6 is 0 Å². The summed E-state index contributed by atoms with van der Waals surface area (Å²) in [5.74, 6) is 0.645. The summed E-state index contributed by atoms with van der Waals surface area (Å²) in [5.41, 5.74) is 3.02. The molecule has 6 nitrogen and oxygen atoms in total. The van der Waals surface area contributed by atoms with Gasteiger partial charge in [-0.15, -0.1) is 0 Å². The zero-order valence-corrected chi connectivity index (χ0v) is 14.0. The Bertz CT molecular complexity index is 872. The molecule has 0 saturated carbocycles. The first-order chi connectivity index (χ1) is 11.5. The molecule has 0 spiro atoms. The highest BCUT2D eigenvalue weighted by Gasteiger charge is 2.13. The molecule has 0 aliphatic carbocycles. The third-order valence-corrected chi connectivity index (χ3v) is 3.77. The fourth-order valence-electron chi connectivity index (χ4n) is 2.42. The summed E-state index contributed by atoms with van der Waals surface area (Å²) in [4.78, 5) is 20.8. The first-order valence-corrected chi connectivity index (χ1v) is 7.81. The normalized spacial score (nSPS) is 12.1. The maximum absolute atomic E-state index is 12.3. The van der Waals surface area contributed by atoms with Crippen LogP contribution in [0.3, 0.4) is 0 Å². The number of fused-ring (bicyclic) bond motifs is 1. The van der Waals surface area contributed by atoms with E-state index in [0.717, 1.165) is 17.0 Å². The average Bonchev–Trinajstić information content (AvgIpc) is 2.95. The Kier molecular flexibility index (Phi) is 4.46.